The first-order valence-corrected chi connectivity index (χ1v) is 3.77. The summed E-state index contributed by atoms with van der Waals surface area (Å²) in [7, 11) is -3.99. The van der Waals surface area contributed by atoms with Crippen LogP contribution in [-0.2, 0) is 10.0 Å². The van der Waals surface area contributed by atoms with E-state index in [-0.39, 0.29) is 5.03 Å². The number of hydrogen-bond acceptors (Lipinski definition) is 3. The van der Waals surface area contributed by atoms with Gasteiger partial charge in [-0.2, -0.15) is 5.10 Å². The van der Waals surface area contributed by atoms with Crippen molar-refractivity contribution in [2.75, 3.05) is 0 Å². The predicted octanol–water partition coefficient (Wildman–Crippen LogP) is -0.427. The molecule has 1 heterocycles. The van der Waals surface area contributed by atoms with Crippen molar-refractivity contribution in [1.29, 1.82) is 0 Å². The van der Waals surface area contributed by atoms with Crippen molar-refractivity contribution in [2.45, 2.75) is 5.03 Å². The van der Waals surface area contributed by atoms with Crippen LogP contribution in [0.3, 0.4) is 0 Å². The maximum Gasteiger partial charge on any atom is 0.283 e. The molecule has 7 heteroatoms. The molecule has 1 rings (SSSR count). The highest BCUT2D eigenvalue weighted by Gasteiger charge is 2.13. The average molecular weight is 165 g/mol. The van der Waals surface area contributed by atoms with Gasteiger partial charge in [0, 0.05) is 0 Å². The zero-order valence-corrected chi connectivity index (χ0v) is 5.52. The van der Waals surface area contributed by atoms with Gasteiger partial charge in [0.2, 0.25) is 0 Å². The van der Waals surface area contributed by atoms with E-state index in [1.165, 1.54) is 6.20 Å². The molecule has 0 saturated carbocycles. The largest absolute Gasteiger partial charge is 0.283 e. The lowest BCUT2D eigenvalue weighted by Gasteiger charge is -1.91. The van der Waals surface area contributed by atoms with Crippen molar-refractivity contribution >= 4 is 10.0 Å². The van der Waals surface area contributed by atoms with Crippen molar-refractivity contribution in [3.8, 4) is 0 Å². The summed E-state index contributed by atoms with van der Waals surface area (Å²) in [6, 6.07) is 1.14. The summed E-state index contributed by atoms with van der Waals surface area (Å²) in [6.07, 6.45) is 1.21. The average Bonchev–Trinajstić information content (AvgIpc) is 2.38. The molecular weight excluding hydrogens is 161 g/mol. The van der Waals surface area contributed by atoms with E-state index in [4.69, 9.17) is 0 Å². The fourth-order valence-corrected chi connectivity index (χ4v) is 0.930. The zero-order chi connectivity index (χ0) is 7.61. The number of aromatic nitrogens is 2. The summed E-state index contributed by atoms with van der Waals surface area (Å²) in [4.78, 5) is 0.645. The van der Waals surface area contributed by atoms with E-state index in [0.717, 1.165) is 6.07 Å². The number of rotatable bonds is 2. The zero-order valence-electron chi connectivity index (χ0n) is 4.70. The molecule has 0 amide bonds. The number of hydrogen-bond donors (Lipinski definition) is 2. The second-order valence-electron chi connectivity index (χ2n) is 1.50. The van der Waals surface area contributed by atoms with Crippen LogP contribution in [-0.4, -0.2) is 18.6 Å². The van der Waals surface area contributed by atoms with Crippen LogP contribution >= 0.6 is 0 Å². The fraction of sp³-hybridized carbons (Fsp3) is 0. The third kappa shape index (κ3) is 1.14. The van der Waals surface area contributed by atoms with Gasteiger partial charge < -0.3 is 0 Å². The maximum absolute atomic E-state index is 11.4. The molecule has 1 aromatic heterocycles. The van der Waals surface area contributed by atoms with Gasteiger partial charge in [-0.05, 0) is 11.0 Å². The van der Waals surface area contributed by atoms with Crippen LogP contribution in [0.2, 0.25) is 0 Å². The summed E-state index contributed by atoms with van der Waals surface area (Å²) < 4.78 is 32.5. The summed E-state index contributed by atoms with van der Waals surface area (Å²) in [5.74, 6) is 0. The molecule has 0 aliphatic heterocycles. The van der Waals surface area contributed by atoms with Crippen LogP contribution in [0.5, 0.6) is 0 Å². The van der Waals surface area contributed by atoms with Gasteiger partial charge in [0.05, 0.1) is 6.20 Å². The fourth-order valence-electron chi connectivity index (χ4n) is 0.434. The smallest absolute Gasteiger partial charge is 0.266 e. The van der Waals surface area contributed by atoms with Gasteiger partial charge in [0.25, 0.3) is 10.0 Å². The summed E-state index contributed by atoms with van der Waals surface area (Å²) in [6.45, 7) is 0. The Hall–Kier alpha value is -0.950. The van der Waals surface area contributed by atoms with Gasteiger partial charge in [-0.25, -0.2) is 8.42 Å². The first-order chi connectivity index (χ1) is 4.67. The molecule has 2 N–H and O–H groups in total. The molecule has 1 aromatic rings. The molecule has 0 unspecified atom stereocenters. The minimum atomic E-state index is -3.99. The molecule has 10 heavy (non-hydrogen) atoms. The lowest BCUT2D eigenvalue weighted by atomic mass is 10.8. The van der Waals surface area contributed by atoms with Gasteiger partial charge in [-0.3, -0.25) is 5.10 Å². The number of nitrogens with one attached hydrogen (secondary N) is 2. The Labute approximate surface area is 56.2 Å². The van der Waals surface area contributed by atoms with Crippen LogP contribution in [0.15, 0.2) is 17.3 Å². The number of nitrogens with zero attached hydrogens (tertiary/aromatic N) is 1. The van der Waals surface area contributed by atoms with E-state index in [2.05, 4.69) is 10.2 Å². The van der Waals surface area contributed by atoms with Gasteiger partial charge >= 0.3 is 0 Å². The van der Waals surface area contributed by atoms with E-state index in [1.54, 1.807) is 0 Å². The van der Waals surface area contributed by atoms with Gasteiger partial charge in [0.15, 0.2) is 5.03 Å². The van der Waals surface area contributed by atoms with Crippen LogP contribution in [0.4, 0.5) is 4.48 Å². The SMILES string of the molecule is O=S(=O)(NF)c1ccn[nH]1. The first-order valence-electron chi connectivity index (χ1n) is 2.28. The van der Waals surface area contributed by atoms with Crippen molar-refractivity contribution in [2.24, 2.45) is 0 Å². The van der Waals surface area contributed by atoms with Crippen LogP contribution < -0.4 is 4.94 Å². The van der Waals surface area contributed by atoms with Crippen molar-refractivity contribution in [1.82, 2.24) is 15.1 Å². The lowest BCUT2D eigenvalue weighted by molar-refractivity contribution is 0.424. The van der Waals surface area contributed by atoms with E-state index in [9.17, 15) is 12.9 Å². The Morgan fingerprint density at radius 1 is 1.70 bits per heavy atom. The Morgan fingerprint density at radius 2 is 2.40 bits per heavy atom. The number of sulfonamides is 1. The lowest BCUT2D eigenvalue weighted by Crippen LogP contribution is -2.14. The van der Waals surface area contributed by atoms with Gasteiger partial charge in [-0.1, -0.05) is 0 Å². The van der Waals surface area contributed by atoms with E-state index in [1.807, 2.05) is 0 Å². The Balaban J connectivity index is 3.09. The number of aromatic amines is 1. The Kier molecular flexibility index (Phi) is 1.68. The van der Waals surface area contributed by atoms with Crippen LogP contribution in [0.25, 0.3) is 0 Å². The monoisotopic (exact) mass is 165 g/mol. The molecule has 0 aliphatic rings. The molecule has 0 fully saturated rings. The highest BCUT2D eigenvalue weighted by atomic mass is 32.2. The Morgan fingerprint density at radius 3 is 2.80 bits per heavy atom. The van der Waals surface area contributed by atoms with E-state index < -0.39 is 10.0 Å². The first kappa shape index (κ1) is 7.16. The molecule has 0 saturated heterocycles. The second kappa shape index (κ2) is 2.35. The molecule has 5 nitrogen and oxygen atoms in total. The predicted molar refractivity (Wildman–Crippen MR) is 30.0 cm³/mol. The van der Waals surface area contributed by atoms with E-state index in [0.29, 0.717) is 4.94 Å². The van der Waals surface area contributed by atoms with Crippen molar-refractivity contribution in [3.63, 3.8) is 0 Å². The van der Waals surface area contributed by atoms with Gasteiger partial charge in [0.1, 0.15) is 0 Å². The minimum Gasteiger partial charge on any atom is -0.266 e. The van der Waals surface area contributed by atoms with Gasteiger partial charge in [-0.15, -0.1) is 4.48 Å². The minimum absolute atomic E-state index is 0.296. The maximum atomic E-state index is 11.4. The molecule has 0 aliphatic carbocycles. The Bertz CT molecular complexity index is 292. The number of H-pyrrole nitrogens is 1. The second-order valence-corrected chi connectivity index (χ2v) is 3.10. The molecule has 0 bridgehead atoms. The molecular formula is C3H4FN3O2S. The summed E-state index contributed by atoms with van der Waals surface area (Å²) in [5, 5.41) is 5.12. The molecule has 0 aromatic carbocycles. The third-order valence-electron chi connectivity index (χ3n) is 0.866. The highest BCUT2D eigenvalue weighted by molar-refractivity contribution is 7.89. The summed E-state index contributed by atoms with van der Waals surface area (Å²) >= 11 is 0. The molecule has 0 atom stereocenters. The standard InChI is InChI=1S/C3H4FN3O2S/c4-7-10(8,9)3-1-2-5-6-3/h1-2,7H,(H,5,6). The molecule has 0 radical (unpaired) electrons. The van der Waals surface area contributed by atoms with Crippen molar-refractivity contribution < 1.29 is 12.9 Å². The van der Waals surface area contributed by atoms with Crippen LogP contribution in [0, 0.1) is 0 Å². The molecule has 56 valence electrons. The number of halogens is 1. The topological polar surface area (TPSA) is 74.8 Å². The molecule has 0 spiro atoms. The van der Waals surface area contributed by atoms with Crippen LogP contribution in [0.1, 0.15) is 0 Å². The quantitative estimate of drug-likeness (QED) is 0.584. The van der Waals surface area contributed by atoms with E-state index >= 15 is 0 Å². The highest BCUT2D eigenvalue weighted by Crippen LogP contribution is 2.00. The normalized spacial score (nSPS) is 11.7. The third-order valence-corrected chi connectivity index (χ3v) is 1.88. The van der Waals surface area contributed by atoms with Crippen molar-refractivity contribution in [3.05, 3.63) is 12.3 Å². The summed E-state index contributed by atoms with van der Waals surface area (Å²) in [5.41, 5.74) is 0.